The van der Waals surface area contributed by atoms with Crippen molar-refractivity contribution < 1.29 is 23.7 Å². The molecule has 210 valence electrons. The molecule has 5 rings (SSSR count). The van der Waals surface area contributed by atoms with E-state index in [4.69, 9.17) is 24.0 Å². The molecule has 0 unspecified atom stereocenters. The highest BCUT2D eigenvalue weighted by Crippen LogP contribution is 2.38. The maximum absolute atomic E-state index is 13.4. The number of hydrogen-bond donors (Lipinski definition) is 1. The first kappa shape index (κ1) is 27.3. The number of aromatic nitrogens is 5. The standard InChI is InChI=1S/C30H30N6O5/c1-38-24-12-10-21(11-13-24)28-25(19-36(33-28)23-8-6-5-7-9-23)30(37)31-16-22-18-35(34-32-22)17-20-14-26(39-2)29(41-4)27(15-20)40-3/h5-15,18-19H,16-17H2,1-4H3,(H,31,37). The summed E-state index contributed by atoms with van der Waals surface area (Å²) < 4.78 is 24.9. The van der Waals surface area contributed by atoms with Crippen molar-refractivity contribution in [2.75, 3.05) is 28.4 Å². The summed E-state index contributed by atoms with van der Waals surface area (Å²) in [6.07, 6.45) is 3.51. The molecule has 0 aliphatic carbocycles. The largest absolute Gasteiger partial charge is 0.497 e. The highest BCUT2D eigenvalue weighted by atomic mass is 16.5. The summed E-state index contributed by atoms with van der Waals surface area (Å²) in [5, 5.41) is 16.1. The molecule has 41 heavy (non-hydrogen) atoms. The van der Waals surface area contributed by atoms with Gasteiger partial charge in [-0.05, 0) is 54.1 Å². The molecule has 0 atom stereocenters. The van der Waals surface area contributed by atoms with Crippen molar-refractivity contribution >= 4 is 5.91 Å². The highest BCUT2D eigenvalue weighted by Gasteiger charge is 2.19. The van der Waals surface area contributed by atoms with Crippen molar-refractivity contribution in [3.05, 3.63) is 95.9 Å². The molecule has 2 aromatic heterocycles. The number of methoxy groups -OCH3 is 4. The predicted octanol–water partition coefficient (Wildman–Crippen LogP) is 4.14. The fourth-order valence-electron chi connectivity index (χ4n) is 4.39. The van der Waals surface area contributed by atoms with Crippen LogP contribution in [0.1, 0.15) is 21.6 Å². The predicted molar refractivity (Wildman–Crippen MR) is 152 cm³/mol. The Morgan fingerprint density at radius 2 is 1.56 bits per heavy atom. The number of nitrogens with one attached hydrogen (secondary N) is 1. The fraction of sp³-hybridized carbons (Fsp3) is 0.200. The number of rotatable bonds is 11. The molecule has 0 aliphatic rings. The molecule has 2 heterocycles. The smallest absolute Gasteiger partial charge is 0.255 e. The summed E-state index contributed by atoms with van der Waals surface area (Å²) in [6.45, 7) is 0.607. The highest BCUT2D eigenvalue weighted by molar-refractivity contribution is 5.99. The van der Waals surface area contributed by atoms with E-state index in [-0.39, 0.29) is 12.5 Å². The number of carbonyl (C=O) groups is 1. The second kappa shape index (κ2) is 12.2. The molecule has 0 fully saturated rings. The summed E-state index contributed by atoms with van der Waals surface area (Å²) in [5.41, 5.74) is 4.12. The number of amides is 1. The molecule has 1 N–H and O–H groups in total. The normalized spacial score (nSPS) is 10.7. The lowest BCUT2D eigenvalue weighted by Crippen LogP contribution is -2.23. The molecule has 11 nitrogen and oxygen atoms in total. The van der Waals surface area contributed by atoms with Crippen LogP contribution in [0, 0.1) is 0 Å². The van der Waals surface area contributed by atoms with Crippen LogP contribution in [-0.4, -0.2) is 59.1 Å². The van der Waals surface area contributed by atoms with Gasteiger partial charge in [-0.1, -0.05) is 23.4 Å². The van der Waals surface area contributed by atoms with Crippen molar-refractivity contribution in [3.8, 4) is 39.9 Å². The van der Waals surface area contributed by atoms with Gasteiger partial charge in [0.25, 0.3) is 5.91 Å². The van der Waals surface area contributed by atoms with E-state index in [1.54, 1.807) is 50.2 Å². The SMILES string of the molecule is COc1ccc(-c2nn(-c3ccccc3)cc2C(=O)NCc2cn(Cc3cc(OC)c(OC)c(OC)c3)nn2)cc1. The third-order valence-corrected chi connectivity index (χ3v) is 6.43. The van der Waals surface area contributed by atoms with Crippen molar-refractivity contribution in [1.29, 1.82) is 0 Å². The Morgan fingerprint density at radius 1 is 0.854 bits per heavy atom. The molecule has 1 amide bonds. The third kappa shape index (κ3) is 5.98. The van der Waals surface area contributed by atoms with E-state index in [2.05, 4.69) is 15.6 Å². The number of nitrogens with zero attached hydrogens (tertiary/aromatic N) is 5. The molecule has 3 aromatic carbocycles. The third-order valence-electron chi connectivity index (χ3n) is 6.43. The Morgan fingerprint density at radius 3 is 2.20 bits per heavy atom. The van der Waals surface area contributed by atoms with Gasteiger partial charge in [0, 0.05) is 11.8 Å². The lowest BCUT2D eigenvalue weighted by atomic mass is 10.1. The monoisotopic (exact) mass is 554 g/mol. The fourth-order valence-corrected chi connectivity index (χ4v) is 4.39. The van der Waals surface area contributed by atoms with Crippen LogP contribution in [0.4, 0.5) is 0 Å². The molecule has 0 aliphatic heterocycles. The number of hydrogen-bond acceptors (Lipinski definition) is 8. The number of benzene rings is 3. The molecule has 0 saturated heterocycles. The van der Waals surface area contributed by atoms with Crippen molar-refractivity contribution in [2.24, 2.45) is 0 Å². The quantitative estimate of drug-likeness (QED) is 0.259. The summed E-state index contributed by atoms with van der Waals surface area (Å²) >= 11 is 0. The minimum Gasteiger partial charge on any atom is -0.497 e. The Hall–Kier alpha value is -5.32. The van der Waals surface area contributed by atoms with E-state index in [1.807, 2.05) is 66.7 Å². The van der Waals surface area contributed by atoms with E-state index < -0.39 is 0 Å². The van der Waals surface area contributed by atoms with Crippen molar-refractivity contribution in [3.63, 3.8) is 0 Å². The van der Waals surface area contributed by atoms with E-state index in [0.29, 0.717) is 40.7 Å². The Bertz CT molecular complexity index is 1600. The number of para-hydroxylation sites is 1. The topological polar surface area (TPSA) is 115 Å². The molecule has 11 heteroatoms. The second-order valence-corrected chi connectivity index (χ2v) is 9.02. The zero-order valence-corrected chi connectivity index (χ0v) is 23.2. The van der Waals surface area contributed by atoms with Crippen LogP contribution in [0.3, 0.4) is 0 Å². The van der Waals surface area contributed by atoms with Crippen LogP contribution in [0.25, 0.3) is 16.9 Å². The van der Waals surface area contributed by atoms with Gasteiger partial charge in [-0.15, -0.1) is 5.10 Å². The Balaban J connectivity index is 1.33. The van der Waals surface area contributed by atoms with Gasteiger partial charge in [0.05, 0.1) is 59.0 Å². The minimum atomic E-state index is -0.280. The maximum atomic E-state index is 13.4. The molecule has 0 spiro atoms. The zero-order chi connectivity index (χ0) is 28.8. The van der Waals surface area contributed by atoms with Gasteiger partial charge in [0.1, 0.15) is 17.1 Å². The summed E-state index contributed by atoms with van der Waals surface area (Å²) in [5.74, 6) is 2.07. The van der Waals surface area contributed by atoms with Gasteiger partial charge in [0.2, 0.25) is 5.75 Å². The summed E-state index contributed by atoms with van der Waals surface area (Å²) in [4.78, 5) is 13.4. The van der Waals surface area contributed by atoms with Gasteiger partial charge in [-0.3, -0.25) is 4.79 Å². The molecule has 0 saturated carbocycles. The maximum Gasteiger partial charge on any atom is 0.255 e. The van der Waals surface area contributed by atoms with E-state index in [0.717, 1.165) is 22.6 Å². The van der Waals surface area contributed by atoms with Crippen molar-refractivity contribution in [2.45, 2.75) is 13.1 Å². The molecule has 0 radical (unpaired) electrons. The van der Waals surface area contributed by atoms with Crippen LogP contribution in [0.15, 0.2) is 79.1 Å². The van der Waals surface area contributed by atoms with Crippen LogP contribution >= 0.6 is 0 Å². The summed E-state index contributed by atoms with van der Waals surface area (Å²) in [7, 11) is 6.31. The lowest BCUT2D eigenvalue weighted by molar-refractivity contribution is 0.0951. The second-order valence-electron chi connectivity index (χ2n) is 9.02. The minimum absolute atomic E-state index is 0.187. The first-order valence-corrected chi connectivity index (χ1v) is 12.8. The summed E-state index contributed by atoms with van der Waals surface area (Å²) in [6, 6.07) is 20.8. The van der Waals surface area contributed by atoms with Gasteiger partial charge < -0.3 is 24.3 Å². The van der Waals surface area contributed by atoms with Crippen LogP contribution in [0.2, 0.25) is 0 Å². The first-order valence-electron chi connectivity index (χ1n) is 12.8. The van der Waals surface area contributed by atoms with Crippen LogP contribution in [0.5, 0.6) is 23.0 Å². The van der Waals surface area contributed by atoms with E-state index in [9.17, 15) is 4.79 Å². The lowest BCUT2D eigenvalue weighted by Gasteiger charge is -2.14. The van der Waals surface area contributed by atoms with E-state index >= 15 is 0 Å². The number of ether oxygens (including phenoxy) is 4. The number of carbonyl (C=O) groups excluding carboxylic acids is 1. The molecular formula is C30H30N6O5. The van der Waals surface area contributed by atoms with Crippen LogP contribution in [-0.2, 0) is 13.1 Å². The van der Waals surface area contributed by atoms with Gasteiger partial charge in [-0.2, -0.15) is 5.10 Å². The average molecular weight is 555 g/mol. The average Bonchev–Trinajstić information content (AvgIpc) is 3.67. The molecule has 0 bridgehead atoms. The van der Waals surface area contributed by atoms with Crippen LogP contribution < -0.4 is 24.3 Å². The Labute approximate surface area is 237 Å². The molecule has 5 aromatic rings. The Kier molecular flexibility index (Phi) is 8.14. The first-order chi connectivity index (χ1) is 20.0. The van der Waals surface area contributed by atoms with Gasteiger partial charge >= 0.3 is 0 Å². The van der Waals surface area contributed by atoms with Gasteiger partial charge in [-0.25, -0.2) is 9.36 Å². The van der Waals surface area contributed by atoms with E-state index in [1.165, 1.54) is 0 Å². The molecular weight excluding hydrogens is 524 g/mol. The zero-order valence-electron chi connectivity index (χ0n) is 23.2. The van der Waals surface area contributed by atoms with Crippen molar-refractivity contribution in [1.82, 2.24) is 30.1 Å². The van der Waals surface area contributed by atoms with Gasteiger partial charge in [0.15, 0.2) is 11.5 Å².